The van der Waals surface area contributed by atoms with E-state index >= 15 is 0 Å². The Bertz CT molecular complexity index is 439. The van der Waals surface area contributed by atoms with Crippen molar-refractivity contribution in [2.45, 2.75) is 38.5 Å². The molecule has 4 heteroatoms. The van der Waals surface area contributed by atoms with Gasteiger partial charge in [0.1, 0.15) is 17.5 Å². The van der Waals surface area contributed by atoms with Crippen LogP contribution < -0.4 is 5.32 Å². The first-order valence-corrected chi connectivity index (χ1v) is 5.61. The quantitative estimate of drug-likeness (QED) is 0.633. The Labute approximate surface area is 100.0 Å². The maximum Gasteiger partial charge on any atom is 0.325 e. The third-order valence-corrected chi connectivity index (χ3v) is 2.45. The first kappa shape index (κ1) is 12.0. The molecule has 2 atom stereocenters. The van der Waals surface area contributed by atoms with Crippen molar-refractivity contribution in [3.05, 3.63) is 35.6 Å². The van der Waals surface area contributed by atoms with Crippen LogP contribution in [0.15, 0.2) is 24.3 Å². The van der Waals surface area contributed by atoms with E-state index in [9.17, 15) is 9.18 Å². The third-order valence-electron chi connectivity index (χ3n) is 2.45. The lowest BCUT2D eigenvalue weighted by atomic mass is 10.1. The largest absolute Gasteiger partial charge is 0.459 e. The summed E-state index contributed by atoms with van der Waals surface area (Å²) in [6.07, 6.45) is 0. The highest BCUT2D eigenvalue weighted by molar-refractivity contribution is 5.81. The molecule has 1 heterocycles. The maximum atomic E-state index is 13.0. The molecule has 17 heavy (non-hydrogen) atoms. The van der Waals surface area contributed by atoms with Crippen LogP contribution in [-0.2, 0) is 9.53 Å². The summed E-state index contributed by atoms with van der Waals surface area (Å²) in [4.78, 5) is 11.7. The minimum Gasteiger partial charge on any atom is -0.459 e. The number of esters is 1. The molecule has 1 N–H and O–H groups in total. The lowest BCUT2D eigenvalue weighted by Gasteiger charge is -2.19. The fraction of sp³-hybridized carbons (Fsp3) is 0.462. The number of carbonyl (C=O) groups excluding carboxylic acids is 1. The Morgan fingerprint density at radius 3 is 2.71 bits per heavy atom. The van der Waals surface area contributed by atoms with Gasteiger partial charge in [0.15, 0.2) is 0 Å². The van der Waals surface area contributed by atoms with Gasteiger partial charge in [0.05, 0.1) is 6.04 Å². The van der Waals surface area contributed by atoms with Crippen molar-refractivity contribution in [1.29, 1.82) is 0 Å². The van der Waals surface area contributed by atoms with Crippen LogP contribution in [0.4, 0.5) is 4.39 Å². The van der Waals surface area contributed by atoms with E-state index < -0.39 is 5.60 Å². The third kappa shape index (κ3) is 3.03. The van der Waals surface area contributed by atoms with Gasteiger partial charge in [-0.3, -0.25) is 10.1 Å². The van der Waals surface area contributed by atoms with Gasteiger partial charge in [-0.1, -0.05) is 12.1 Å². The molecular weight excluding hydrogens is 221 g/mol. The van der Waals surface area contributed by atoms with Gasteiger partial charge in [0.25, 0.3) is 0 Å². The second kappa shape index (κ2) is 4.11. The normalized spacial score (nSPS) is 23.3. The number of nitrogens with one attached hydrogen (secondary N) is 1. The average molecular weight is 237 g/mol. The van der Waals surface area contributed by atoms with Crippen LogP contribution in [0.2, 0.25) is 0 Å². The van der Waals surface area contributed by atoms with E-state index in [1.165, 1.54) is 12.1 Å². The van der Waals surface area contributed by atoms with Crippen LogP contribution in [0, 0.1) is 5.82 Å². The number of hydrogen-bond acceptors (Lipinski definition) is 3. The lowest BCUT2D eigenvalue weighted by molar-refractivity contribution is -0.154. The zero-order chi connectivity index (χ0) is 12.6. The summed E-state index contributed by atoms with van der Waals surface area (Å²) < 4.78 is 18.3. The van der Waals surface area contributed by atoms with Crippen LogP contribution in [-0.4, -0.2) is 17.6 Å². The molecule has 1 aromatic carbocycles. The summed E-state index contributed by atoms with van der Waals surface area (Å²) in [5.74, 6) is -0.578. The molecule has 0 radical (unpaired) electrons. The lowest BCUT2D eigenvalue weighted by Crippen LogP contribution is -2.27. The van der Waals surface area contributed by atoms with E-state index in [4.69, 9.17) is 4.74 Å². The maximum absolute atomic E-state index is 13.0. The highest BCUT2D eigenvalue weighted by Crippen LogP contribution is 2.31. The zero-order valence-electron chi connectivity index (χ0n) is 10.2. The van der Waals surface area contributed by atoms with E-state index in [1.54, 1.807) is 12.1 Å². The van der Waals surface area contributed by atoms with Crippen molar-refractivity contribution in [2.24, 2.45) is 0 Å². The van der Waals surface area contributed by atoms with Crippen LogP contribution in [0.25, 0.3) is 0 Å². The van der Waals surface area contributed by atoms with Crippen molar-refractivity contribution in [3.63, 3.8) is 0 Å². The summed E-state index contributed by atoms with van der Waals surface area (Å²) in [6, 6.07) is 5.77. The van der Waals surface area contributed by atoms with E-state index in [-0.39, 0.29) is 23.9 Å². The van der Waals surface area contributed by atoms with Crippen molar-refractivity contribution in [1.82, 2.24) is 5.32 Å². The molecule has 1 saturated heterocycles. The summed E-state index contributed by atoms with van der Waals surface area (Å²) >= 11 is 0. The van der Waals surface area contributed by atoms with Crippen molar-refractivity contribution < 1.29 is 13.9 Å². The molecule has 0 amide bonds. The zero-order valence-corrected chi connectivity index (χ0v) is 10.2. The Kier molecular flexibility index (Phi) is 2.91. The predicted molar refractivity (Wildman–Crippen MR) is 61.9 cm³/mol. The van der Waals surface area contributed by atoms with Gasteiger partial charge >= 0.3 is 5.97 Å². The molecule has 3 nitrogen and oxygen atoms in total. The standard InChI is InChI=1S/C13H16FNO2/c1-13(2,3)17-12(16)11-10(15-11)8-5-4-6-9(14)7-8/h4-7,10-11,15H,1-3H3/t10-,11+/m1/s1. The Hall–Kier alpha value is -1.42. The Morgan fingerprint density at radius 1 is 1.41 bits per heavy atom. The molecule has 0 aliphatic carbocycles. The molecule has 1 aliphatic heterocycles. The fourth-order valence-corrected chi connectivity index (χ4v) is 1.70. The van der Waals surface area contributed by atoms with Crippen LogP contribution in [0.3, 0.4) is 0 Å². The Morgan fingerprint density at radius 2 is 2.12 bits per heavy atom. The van der Waals surface area contributed by atoms with E-state index in [0.29, 0.717) is 0 Å². The second-order valence-electron chi connectivity index (χ2n) is 5.21. The van der Waals surface area contributed by atoms with E-state index in [0.717, 1.165) is 5.56 Å². The summed E-state index contributed by atoms with van der Waals surface area (Å²) in [5.41, 5.74) is 0.286. The van der Waals surface area contributed by atoms with E-state index in [1.807, 2.05) is 20.8 Å². The van der Waals surface area contributed by atoms with Gasteiger partial charge in [0.2, 0.25) is 0 Å². The smallest absolute Gasteiger partial charge is 0.325 e. The SMILES string of the molecule is CC(C)(C)OC(=O)[C@H]1N[C@@H]1c1cccc(F)c1. The topological polar surface area (TPSA) is 48.2 Å². The van der Waals surface area contributed by atoms with Gasteiger partial charge in [-0.05, 0) is 38.5 Å². The second-order valence-corrected chi connectivity index (χ2v) is 5.21. The minimum atomic E-state index is -0.492. The van der Waals surface area contributed by atoms with Gasteiger partial charge in [-0.2, -0.15) is 0 Å². The molecule has 92 valence electrons. The molecule has 0 saturated carbocycles. The van der Waals surface area contributed by atoms with Gasteiger partial charge in [-0.25, -0.2) is 4.39 Å². The first-order valence-electron chi connectivity index (χ1n) is 5.61. The highest BCUT2D eigenvalue weighted by Gasteiger charge is 2.45. The van der Waals surface area contributed by atoms with Crippen molar-refractivity contribution >= 4 is 5.97 Å². The molecule has 1 aromatic rings. The predicted octanol–water partition coefficient (Wildman–Crippen LogP) is 2.18. The first-order chi connectivity index (χ1) is 7.87. The molecule has 0 aromatic heterocycles. The summed E-state index contributed by atoms with van der Waals surface area (Å²) in [7, 11) is 0. The molecule has 1 aliphatic rings. The van der Waals surface area contributed by atoms with Gasteiger partial charge < -0.3 is 4.74 Å². The molecule has 2 rings (SSSR count). The molecule has 1 fully saturated rings. The number of rotatable bonds is 2. The Balaban J connectivity index is 1.99. The monoisotopic (exact) mass is 237 g/mol. The summed E-state index contributed by atoms with van der Waals surface area (Å²) in [5, 5.41) is 2.99. The summed E-state index contributed by atoms with van der Waals surface area (Å²) in [6.45, 7) is 5.47. The molecule has 0 unspecified atom stereocenters. The minimum absolute atomic E-state index is 0.124. The van der Waals surface area contributed by atoms with Crippen LogP contribution in [0.5, 0.6) is 0 Å². The van der Waals surface area contributed by atoms with Gasteiger partial charge in [0, 0.05) is 0 Å². The molecular formula is C13H16FNO2. The number of ether oxygens (including phenoxy) is 1. The van der Waals surface area contributed by atoms with E-state index in [2.05, 4.69) is 5.32 Å². The number of hydrogen-bond donors (Lipinski definition) is 1. The molecule has 0 bridgehead atoms. The number of carbonyl (C=O) groups is 1. The van der Waals surface area contributed by atoms with Crippen molar-refractivity contribution in [2.75, 3.05) is 0 Å². The van der Waals surface area contributed by atoms with Crippen LogP contribution >= 0.6 is 0 Å². The van der Waals surface area contributed by atoms with Crippen molar-refractivity contribution in [3.8, 4) is 0 Å². The number of halogens is 1. The van der Waals surface area contributed by atoms with Crippen LogP contribution in [0.1, 0.15) is 32.4 Å². The highest BCUT2D eigenvalue weighted by atomic mass is 19.1. The number of benzene rings is 1. The average Bonchev–Trinajstić information content (AvgIpc) is 2.94. The molecule has 0 spiro atoms. The van der Waals surface area contributed by atoms with Gasteiger partial charge in [-0.15, -0.1) is 0 Å². The fourth-order valence-electron chi connectivity index (χ4n) is 1.70.